The number of pyridine rings is 1. The molecule has 2 N–H and O–H groups in total. The second-order valence-electron chi connectivity index (χ2n) is 9.80. The summed E-state index contributed by atoms with van der Waals surface area (Å²) in [5, 5.41) is 23.1. The number of benzene rings is 1. The lowest BCUT2D eigenvalue weighted by molar-refractivity contribution is 0.0397. The van der Waals surface area contributed by atoms with Crippen LogP contribution in [-0.2, 0) is 12.1 Å². The maximum atomic E-state index is 10.9. The van der Waals surface area contributed by atoms with Gasteiger partial charge in [0, 0.05) is 11.6 Å². The van der Waals surface area contributed by atoms with Gasteiger partial charge in [-0.15, -0.1) is 5.10 Å². The molecule has 1 aromatic carbocycles. The van der Waals surface area contributed by atoms with Crippen LogP contribution in [0.2, 0.25) is 0 Å². The van der Waals surface area contributed by atoms with E-state index >= 15 is 0 Å². The molecular formula is C27H29N7O. The quantitative estimate of drug-likeness (QED) is 0.413. The van der Waals surface area contributed by atoms with E-state index < -0.39 is 5.60 Å². The van der Waals surface area contributed by atoms with Gasteiger partial charge in [-0.25, -0.2) is 14.6 Å². The molecule has 0 spiro atoms. The van der Waals surface area contributed by atoms with E-state index in [4.69, 9.17) is 15.0 Å². The van der Waals surface area contributed by atoms with Gasteiger partial charge in [-0.1, -0.05) is 47.9 Å². The zero-order chi connectivity index (χ0) is 23.8. The van der Waals surface area contributed by atoms with E-state index in [1.807, 2.05) is 36.5 Å². The normalized spacial score (nSPS) is 17.0. The van der Waals surface area contributed by atoms with E-state index in [2.05, 4.69) is 40.8 Å². The summed E-state index contributed by atoms with van der Waals surface area (Å²) in [7, 11) is 0. The van der Waals surface area contributed by atoms with Crippen molar-refractivity contribution in [2.24, 2.45) is 0 Å². The van der Waals surface area contributed by atoms with Gasteiger partial charge in [0.15, 0.2) is 0 Å². The van der Waals surface area contributed by atoms with Crippen molar-refractivity contribution in [3.05, 3.63) is 71.7 Å². The molecule has 4 aromatic rings. The predicted molar refractivity (Wildman–Crippen MR) is 134 cm³/mol. The largest absolute Gasteiger partial charge is 0.384 e. The Morgan fingerprint density at radius 2 is 1.77 bits per heavy atom. The highest BCUT2D eigenvalue weighted by molar-refractivity contribution is 5.68. The third-order valence-corrected chi connectivity index (χ3v) is 6.79. The molecule has 3 aromatic heterocycles. The van der Waals surface area contributed by atoms with Crippen LogP contribution in [0, 0.1) is 6.92 Å². The lowest BCUT2D eigenvalue weighted by Gasteiger charge is -2.21. The molecule has 0 aliphatic heterocycles. The number of hydrogen-bond donors (Lipinski definition) is 2. The number of aromatic nitrogens is 6. The van der Waals surface area contributed by atoms with E-state index in [9.17, 15) is 5.11 Å². The Labute approximate surface area is 204 Å². The predicted octanol–water partition coefficient (Wildman–Crippen LogP) is 4.49. The third kappa shape index (κ3) is 4.79. The molecule has 8 heteroatoms. The Morgan fingerprint density at radius 1 is 0.971 bits per heavy atom. The lowest BCUT2D eigenvalue weighted by atomic mass is 9.97. The molecule has 3 heterocycles. The number of nitrogens with one attached hydrogen (secondary N) is 1. The Morgan fingerprint density at radius 3 is 2.57 bits per heavy atom. The number of rotatable bonds is 7. The van der Waals surface area contributed by atoms with E-state index in [-0.39, 0.29) is 0 Å². The van der Waals surface area contributed by atoms with Crippen molar-refractivity contribution in [1.29, 1.82) is 0 Å². The van der Waals surface area contributed by atoms with Crippen LogP contribution in [0.3, 0.4) is 0 Å². The maximum absolute atomic E-state index is 10.9. The van der Waals surface area contributed by atoms with Crippen LogP contribution in [0.1, 0.15) is 55.5 Å². The van der Waals surface area contributed by atoms with Crippen LogP contribution in [0.5, 0.6) is 0 Å². The van der Waals surface area contributed by atoms with Gasteiger partial charge in [0.1, 0.15) is 11.3 Å². The lowest BCUT2D eigenvalue weighted by Crippen LogP contribution is -2.23. The van der Waals surface area contributed by atoms with Gasteiger partial charge in [-0.05, 0) is 56.9 Å². The molecule has 0 radical (unpaired) electrons. The fourth-order valence-corrected chi connectivity index (χ4v) is 4.71. The van der Waals surface area contributed by atoms with Crippen LogP contribution in [0.4, 0.5) is 5.95 Å². The molecule has 0 atom stereocenters. The molecule has 6 rings (SSSR count). The van der Waals surface area contributed by atoms with Gasteiger partial charge >= 0.3 is 0 Å². The highest BCUT2D eigenvalue weighted by atomic mass is 16.3. The Balaban J connectivity index is 1.28. The average Bonchev–Trinajstić information content (AvgIpc) is 3.35. The van der Waals surface area contributed by atoms with Crippen molar-refractivity contribution in [2.45, 2.75) is 63.6 Å². The second-order valence-corrected chi connectivity index (χ2v) is 9.80. The number of hydrogen-bond acceptors (Lipinski definition) is 7. The van der Waals surface area contributed by atoms with Gasteiger partial charge in [0.25, 0.3) is 0 Å². The standard InChI is InChI=1S/C27H29N7O/c1-18-6-4-7-19(14-18)22-15-23(31-26(30-22)29-20-10-11-20)24-17-34(33-32-24)16-21-8-5-9-25(28-21)27(35)12-2-3-13-27/h4-9,14-15,17,20,35H,2-3,10-13,16H2,1H3,(H,29,30,31). The van der Waals surface area contributed by atoms with Gasteiger partial charge < -0.3 is 10.4 Å². The smallest absolute Gasteiger partial charge is 0.224 e. The number of nitrogens with zero attached hydrogens (tertiary/aromatic N) is 6. The minimum Gasteiger partial charge on any atom is -0.384 e. The highest BCUT2D eigenvalue weighted by Gasteiger charge is 2.34. The highest BCUT2D eigenvalue weighted by Crippen LogP contribution is 2.37. The summed E-state index contributed by atoms with van der Waals surface area (Å²) >= 11 is 0. The molecule has 8 nitrogen and oxygen atoms in total. The van der Waals surface area contributed by atoms with Crippen LogP contribution in [0.25, 0.3) is 22.6 Å². The molecule has 35 heavy (non-hydrogen) atoms. The van der Waals surface area contributed by atoms with Gasteiger partial charge in [-0.2, -0.15) is 0 Å². The van der Waals surface area contributed by atoms with Crippen molar-refractivity contribution in [1.82, 2.24) is 29.9 Å². The molecule has 2 aliphatic rings. The van der Waals surface area contributed by atoms with Gasteiger partial charge in [0.05, 0.1) is 35.5 Å². The van der Waals surface area contributed by atoms with E-state index in [0.717, 1.165) is 66.9 Å². The van der Waals surface area contributed by atoms with E-state index in [0.29, 0.717) is 24.2 Å². The summed E-state index contributed by atoms with van der Waals surface area (Å²) in [5.74, 6) is 0.621. The van der Waals surface area contributed by atoms with Crippen molar-refractivity contribution in [2.75, 3.05) is 5.32 Å². The fraction of sp³-hybridized carbons (Fsp3) is 0.370. The van der Waals surface area contributed by atoms with Crippen molar-refractivity contribution in [3.63, 3.8) is 0 Å². The Hall–Kier alpha value is -3.65. The molecular weight excluding hydrogens is 438 g/mol. The summed E-state index contributed by atoms with van der Waals surface area (Å²) in [6.45, 7) is 2.55. The van der Waals surface area contributed by atoms with Crippen LogP contribution >= 0.6 is 0 Å². The summed E-state index contributed by atoms with van der Waals surface area (Å²) in [6, 6.07) is 16.6. The number of aliphatic hydroxyl groups is 1. The third-order valence-electron chi connectivity index (χ3n) is 6.79. The molecule has 0 saturated heterocycles. The summed E-state index contributed by atoms with van der Waals surface area (Å²) in [6.07, 6.45) is 7.79. The first-order valence-corrected chi connectivity index (χ1v) is 12.4. The van der Waals surface area contributed by atoms with Crippen molar-refractivity contribution in [3.8, 4) is 22.6 Å². The average molecular weight is 468 g/mol. The van der Waals surface area contributed by atoms with Crippen LogP contribution in [0.15, 0.2) is 54.7 Å². The minimum atomic E-state index is -0.804. The molecule has 2 fully saturated rings. The molecule has 2 aliphatic carbocycles. The summed E-state index contributed by atoms with van der Waals surface area (Å²) in [4.78, 5) is 14.3. The minimum absolute atomic E-state index is 0.444. The molecule has 0 amide bonds. The van der Waals surface area contributed by atoms with Crippen molar-refractivity contribution >= 4 is 5.95 Å². The van der Waals surface area contributed by atoms with Crippen LogP contribution < -0.4 is 5.32 Å². The van der Waals surface area contributed by atoms with Gasteiger partial charge in [0.2, 0.25) is 5.95 Å². The summed E-state index contributed by atoms with van der Waals surface area (Å²) < 4.78 is 1.77. The molecule has 0 bridgehead atoms. The maximum Gasteiger partial charge on any atom is 0.224 e. The summed E-state index contributed by atoms with van der Waals surface area (Å²) in [5.41, 5.74) is 5.30. The molecule has 2 saturated carbocycles. The fourth-order valence-electron chi connectivity index (χ4n) is 4.71. The number of aryl methyl sites for hydroxylation is 1. The van der Waals surface area contributed by atoms with Crippen LogP contribution in [-0.4, -0.2) is 41.1 Å². The Bertz CT molecular complexity index is 1360. The first-order valence-electron chi connectivity index (χ1n) is 12.4. The molecule has 0 unspecified atom stereocenters. The second kappa shape index (κ2) is 8.85. The molecule has 178 valence electrons. The zero-order valence-corrected chi connectivity index (χ0v) is 19.9. The Kier molecular flexibility index (Phi) is 5.53. The monoisotopic (exact) mass is 467 g/mol. The van der Waals surface area contributed by atoms with E-state index in [1.165, 1.54) is 5.56 Å². The topological polar surface area (TPSA) is 102 Å². The SMILES string of the molecule is Cc1cccc(-c2cc(-c3cn(Cc4cccc(C5(O)CCCC5)n4)nn3)nc(NC3CC3)n2)c1. The zero-order valence-electron chi connectivity index (χ0n) is 19.9. The number of anilines is 1. The van der Waals surface area contributed by atoms with Gasteiger partial charge in [-0.3, -0.25) is 4.98 Å². The first-order chi connectivity index (χ1) is 17.0. The van der Waals surface area contributed by atoms with E-state index in [1.54, 1.807) is 4.68 Å². The van der Waals surface area contributed by atoms with Crippen molar-refractivity contribution < 1.29 is 5.11 Å². The first kappa shape index (κ1) is 21.9.